The highest BCUT2D eigenvalue weighted by Gasteiger charge is 2.08. The molecule has 0 aromatic carbocycles. The molecule has 0 bridgehead atoms. The summed E-state index contributed by atoms with van der Waals surface area (Å²) in [5.41, 5.74) is 0. The lowest BCUT2D eigenvalue weighted by Crippen LogP contribution is -2.12. The molecule has 0 aliphatic rings. The third-order valence-electron chi connectivity index (χ3n) is 1.59. The molecule has 0 saturated heterocycles. The van der Waals surface area contributed by atoms with Gasteiger partial charge < -0.3 is 0 Å². The average molecular weight is 240 g/mol. The van der Waals surface area contributed by atoms with Gasteiger partial charge >= 0.3 is 0 Å². The molecule has 15 heavy (non-hydrogen) atoms. The molecule has 0 saturated carbocycles. The molecule has 0 aliphatic carbocycles. The van der Waals surface area contributed by atoms with Crippen molar-refractivity contribution in [1.29, 1.82) is 0 Å². The Morgan fingerprint density at radius 3 is 3.00 bits per heavy atom. The Labute approximate surface area is 94.9 Å². The van der Waals surface area contributed by atoms with Gasteiger partial charge in [-0.2, -0.15) is 0 Å². The van der Waals surface area contributed by atoms with E-state index in [9.17, 15) is 4.79 Å². The number of anilines is 1. The average Bonchev–Trinajstić information content (AvgIpc) is 2.70. The molecule has 2 rings (SSSR count). The highest BCUT2D eigenvalue weighted by Crippen LogP contribution is 2.11. The minimum Gasteiger partial charge on any atom is -0.290 e. The van der Waals surface area contributed by atoms with Crippen molar-refractivity contribution in [2.24, 2.45) is 0 Å². The maximum absolute atomic E-state index is 11.6. The van der Waals surface area contributed by atoms with Crippen LogP contribution in [0.15, 0.2) is 29.8 Å². The van der Waals surface area contributed by atoms with Gasteiger partial charge in [0.2, 0.25) is 5.95 Å². The van der Waals surface area contributed by atoms with Gasteiger partial charge in [0, 0.05) is 6.20 Å². The van der Waals surface area contributed by atoms with Crippen LogP contribution in [0.5, 0.6) is 0 Å². The number of hydrogen-bond donors (Lipinski definition) is 1. The molecular formula is C9H6ClN3OS. The van der Waals surface area contributed by atoms with Crippen LogP contribution >= 0.6 is 22.9 Å². The van der Waals surface area contributed by atoms with Crippen LogP contribution in [0.3, 0.4) is 0 Å². The Hall–Kier alpha value is -1.46. The fourth-order valence-electron chi connectivity index (χ4n) is 0.968. The third kappa shape index (κ3) is 2.51. The number of carbonyl (C=O) groups excluding carboxylic acids is 1. The predicted molar refractivity (Wildman–Crippen MR) is 59.3 cm³/mol. The van der Waals surface area contributed by atoms with Gasteiger partial charge in [0.1, 0.15) is 5.15 Å². The van der Waals surface area contributed by atoms with Crippen molar-refractivity contribution in [3.05, 3.63) is 39.8 Å². The monoisotopic (exact) mass is 239 g/mol. The Morgan fingerprint density at radius 2 is 2.33 bits per heavy atom. The Bertz CT molecular complexity index is 472. The van der Waals surface area contributed by atoms with Crippen LogP contribution in [0, 0.1) is 0 Å². The van der Waals surface area contributed by atoms with E-state index in [-0.39, 0.29) is 11.9 Å². The molecule has 2 aromatic heterocycles. The first kappa shape index (κ1) is 10.1. The molecule has 0 radical (unpaired) electrons. The van der Waals surface area contributed by atoms with Crippen LogP contribution in [0.4, 0.5) is 5.95 Å². The molecule has 0 spiro atoms. The zero-order valence-corrected chi connectivity index (χ0v) is 9.05. The topological polar surface area (TPSA) is 54.9 Å². The van der Waals surface area contributed by atoms with Crippen molar-refractivity contribution in [1.82, 2.24) is 9.97 Å². The second-order valence-electron chi connectivity index (χ2n) is 2.63. The first-order chi connectivity index (χ1) is 7.25. The summed E-state index contributed by atoms with van der Waals surface area (Å²) < 4.78 is 0. The predicted octanol–water partition coefficient (Wildman–Crippen LogP) is 2.44. The van der Waals surface area contributed by atoms with E-state index in [2.05, 4.69) is 15.3 Å². The molecule has 6 heteroatoms. The number of thiophene rings is 1. The zero-order chi connectivity index (χ0) is 10.7. The van der Waals surface area contributed by atoms with Crippen molar-refractivity contribution in [3.63, 3.8) is 0 Å². The lowest BCUT2D eigenvalue weighted by molar-refractivity contribution is 0.102. The maximum atomic E-state index is 11.6. The Kier molecular flexibility index (Phi) is 2.94. The molecule has 0 aliphatic heterocycles. The van der Waals surface area contributed by atoms with Crippen LogP contribution in [0.2, 0.25) is 5.15 Å². The summed E-state index contributed by atoms with van der Waals surface area (Å²) in [6.45, 7) is 0. The summed E-state index contributed by atoms with van der Waals surface area (Å²) in [5.74, 6) is -0.0202. The van der Waals surface area contributed by atoms with Crippen molar-refractivity contribution in [2.45, 2.75) is 0 Å². The largest absolute Gasteiger partial charge is 0.290 e. The minimum absolute atomic E-state index is 0.209. The summed E-state index contributed by atoms with van der Waals surface area (Å²) in [7, 11) is 0. The number of aromatic nitrogens is 2. The Balaban J connectivity index is 2.13. The summed E-state index contributed by atoms with van der Waals surface area (Å²) >= 11 is 7.01. The van der Waals surface area contributed by atoms with Gasteiger partial charge in [0.15, 0.2) is 0 Å². The number of halogens is 1. The van der Waals surface area contributed by atoms with E-state index in [0.717, 1.165) is 0 Å². The lowest BCUT2D eigenvalue weighted by atomic mass is 10.4. The van der Waals surface area contributed by atoms with E-state index < -0.39 is 0 Å². The maximum Gasteiger partial charge on any atom is 0.268 e. The molecule has 4 nitrogen and oxygen atoms in total. The third-order valence-corrected chi connectivity index (χ3v) is 2.67. The highest BCUT2D eigenvalue weighted by molar-refractivity contribution is 7.12. The first-order valence-corrected chi connectivity index (χ1v) is 5.35. The Morgan fingerprint density at radius 1 is 1.47 bits per heavy atom. The fraction of sp³-hybridized carbons (Fsp3) is 0. The van der Waals surface area contributed by atoms with Crippen molar-refractivity contribution in [3.8, 4) is 0 Å². The van der Waals surface area contributed by atoms with Gasteiger partial charge in [0.25, 0.3) is 5.91 Å². The second-order valence-corrected chi connectivity index (χ2v) is 3.97. The van der Waals surface area contributed by atoms with E-state index in [1.165, 1.54) is 17.5 Å². The molecule has 0 unspecified atom stereocenters. The van der Waals surface area contributed by atoms with E-state index >= 15 is 0 Å². The first-order valence-electron chi connectivity index (χ1n) is 4.09. The smallest absolute Gasteiger partial charge is 0.268 e. The van der Waals surface area contributed by atoms with Gasteiger partial charge in [-0.3, -0.25) is 10.1 Å². The number of nitrogens with zero attached hydrogens (tertiary/aromatic N) is 2. The van der Waals surface area contributed by atoms with Gasteiger partial charge in [0.05, 0.1) is 4.88 Å². The van der Waals surface area contributed by atoms with E-state index in [4.69, 9.17) is 11.6 Å². The number of amides is 1. The molecule has 2 aromatic rings. The second kappa shape index (κ2) is 4.37. The molecule has 1 amide bonds. The summed E-state index contributed by atoms with van der Waals surface area (Å²) in [6, 6.07) is 5.07. The standard InChI is InChI=1S/C9H6ClN3OS/c10-7-3-4-11-9(12-7)13-8(14)6-2-1-5-15-6/h1-5H,(H,11,12,13,14). The van der Waals surface area contributed by atoms with Gasteiger partial charge in [-0.25, -0.2) is 9.97 Å². The molecule has 2 heterocycles. The number of hydrogen-bond acceptors (Lipinski definition) is 4. The van der Waals surface area contributed by atoms with E-state index in [1.807, 2.05) is 5.38 Å². The fourth-order valence-corrected chi connectivity index (χ4v) is 1.72. The molecular weight excluding hydrogens is 234 g/mol. The van der Waals surface area contributed by atoms with Gasteiger partial charge in [-0.15, -0.1) is 11.3 Å². The van der Waals surface area contributed by atoms with E-state index in [1.54, 1.807) is 18.2 Å². The van der Waals surface area contributed by atoms with Crippen LogP contribution in [-0.4, -0.2) is 15.9 Å². The number of nitrogens with one attached hydrogen (secondary N) is 1. The van der Waals surface area contributed by atoms with Crippen molar-refractivity contribution in [2.75, 3.05) is 5.32 Å². The van der Waals surface area contributed by atoms with Crippen LogP contribution in [0.25, 0.3) is 0 Å². The molecule has 76 valence electrons. The van der Waals surface area contributed by atoms with Crippen LogP contribution < -0.4 is 5.32 Å². The number of rotatable bonds is 2. The van der Waals surface area contributed by atoms with Crippen LogP contribution in [0.1, 0.15) is 9.67 Å². The van der Waals surface area contributed by atoms with Gasteiger partial charge in [-0.05, 0) is 17.5 Å². The number of carbonyl (C=O) groups is 1. The summed E-state index contributed by atoms with van der Waals surface area (Å²) in [4.78, 5) is 19.9. The zero-order valence-electron chi connectivity index (χ0n) is 7.48. The summed E-state index contributed by atoms with van der Waals surface area (Å²) in [5, 5.41) is 4.67. The molecule has 0 atom stereocenters. The van der Waals surface area contributed by atoms with Crippen molar-refractivity contribution < 1.29 is 4.79 Å². The summed E-state index contributed by atoms with van der Waals surface area (Å²) in [6.07, 6.45) is 1.49. The SMILES string of the molecule is O=C(Nc1nccc(Cl)n1)c1cccs1. The van der Waals surface area contributed by atoms with Crippen LogP contribution in [-0.2, 0) is 0 Å². The highest BCUT2D eigenvalue weighted by atomic mass is 35.5. The lowest BCUT2D eigenvalue weighted by Gasteiger charge is -2.00. The minimum atomic E-state index is -0.229. The van der Waals surface area contributed by atoms with E-state index in [0.29, 0.717) is 10.0 Å². The quantitative estimate of drug-likeness (QED) is 0.819. The molecule has 0 fully saturated rings. The normalized spacial score (nSPS) is 9.93. The van der Waals surface area contributed by atoms with Gasteiger partial charge in [-0.1, -0.05) is 17.7 Å². The van der Waals surface area contributed by atoms with Crippen molar-refractivity contribution >= 4 is 34.8 Å². The molecule has 1 N–H and O–H groups in total.